The summed E-state index contributed by atoms with van der Waals surface area (Å²) in [6, 6.07) is 3.85. The molecule has 0 saturated heterocycles. The van der Waals surface area contributed by atoms with E-state index in [4.69, 9.17) is 10.00 Å². The summed E-state index contributed by atoms with van der Waals surface area (Å²) in [5.41, 5.74) is 1.07. The van der Waals surface area contributed by atoms with Crippen LogP contribution in [-0.2, 0) is 0 Å². The molecule has 0 atom stereocenters. The van der Waals surface area contributed by atoms with Gasteiger partial charge in [-0.2, -0.15) is 10.2 Å². The van der Waals surface area contributed by atoms with Crippen molar-refractivity contribution >= 4 is 0 Å². The maximum absolute atomic E-state index is 8.69. The van der Waals surface area contributed by atoms with E-state index in [2.05, 4.69) is 15.3 Å². The van der Waals surface area contributed by atoms with E-state index in [0.29, 0.717) is 12.3 Å². The normalized spacial score (nSPS) is 9.67. The number of nitriles is 1. The molecule has 0 bridgehead atoms. The molecule has 0 aliphatic rings. The molecule has 80 valence electrons. The molecule has 0 aliphatic carbocycles. The Morgan fingerprint density at radius 3 is 3.00 bits per heavy atom. The van der Waals surface area contributed by atoms with Crippen LogP contribution < -0.4 is 10.1 Å². The first-order chi connectivity index (χ1) is 7.26. The number of aromatic nitrogens is 2. The second-order valence-corrected chi connectivity index (χ2v) is 2.99. The van der Waals surface area contributed by atoms with Crippen molar-refractivity contribution in [3.63, 3.8) is 0 Å². The predicted molar refractivity (Wildman–Crippen MR) is 55.5 cm³/mol. The van der Waals surface area contributed by atoms with E-state index in [-0.39, 0.29) is 6.01 Å². The zero-order chi connectivity index (χ0) is 11.1. The highest BCUT2D eigenvalue weighted by Crippen LogP contribution is 2.05. The molecule has 5 nitrogen and oxygen atoms in total. The van der Waals surface area contributed by atoms with Crippen molar-refractivity contribution < 1.29 is 4.74 Å². The van der Waals surface area contributed by atoms with E-state index in [1.54, 1.807) is 13.0 Å². The molecular formula is C10H14N4O. The average molecular weight is 206 g/mol. The van der Waals surface area contributed by atoms with Crippen LogP contribution in [0.15, 0.2) is 6.07 Å². The van der Waals surface area contributed by atoms with Crippen LogP contribution in [0.3, 0.4) is 0 Å². The number of hydrogen-bond acceptors (Lipinski definition) is 5. The summed E-state index contributed by atoms with van der Waals surface area (Å²) in [6.45, 7) is 5.98. The van der Waals surface area contributed by atoms with Crippen LogP contribution in [0.4, 0.5) is 0 Å². The van der Waals surface area contributed by atoms with Crippen molar-refractivity contribution in [2.45, 2.75) is 13.8 Å². The lowest BCUT2D eigenvalue weighted by Crippen LogP contribution is -2.21. The van der Waals surface area contributed by atoms with E-state index in [1.807, 2.05) is 13.0 Å². The first-order valence-corrected chi connectivity index (χ1v) is 4.85. The van der Waals surface area contributed by atoms with Crippen LogP contribution in [0.1, 0.15) is 18.3 Å². The largest absolute Gasteiger partial charge is 0.462 e. The Labute approximate surface area is 89.1 Å². The summed E-state index contributed by atoms with van der Waals surface area (Å²) in [5.74, 6) is 0. The van der Waals surface area contributed by atoms with Gasteiger partial charge in [-0.25, -0.2) is 4.98 Å². The fourth-order valence-electron chi connectivity index (χ4n) is 1.05. The highest BCUT2D eigenvalue weighted by molar-refractivity contribution is 5.23. The van der Waals surface area contributed by atoms with Crippen molar-refractivity contribution in [1.82, 2.24) is 15.3 Å². The van der Waals surface area contributed by atoms with Gasteiger partial charge < -0.3 is 10.1 Å². The standard InChI is InChI=1S/C10H14N4O/c1-3-12-4-5-15-10-13-8(2)6-9(7-11)14-10/h6,12H,3-5H2,1-2H3. The molecule has 0 radical (unpaired) electrons. The van der Waals surface area contributed by atoms with Gasteiger partial charge in [-0.05, 0) is 19.5 Å². The first-order valence-electron chi connectivity index (χ1n) is 4.85. The molecule has 0 aliphatic heterocycles. The second kappa shape index (κ2) is 5.94. The van der Waals surface area contributed by atoms with Gasteiger partial charge in [0.25, 0.3) is 0 Å². The van der Waals surface area contributed by atoms with Crippen LogP contribution in [0.25, 0.3) is 0 Å². The van der Waals surface area contributed by atoms with E-state index in [9.17, 15) is 0 Å². The number of aryl methyl sites for hydroxylation is 1. The van der Waals surface area contributed by atoms with Gasteiger partial charge in [0.15, 0.2) is 0 Å². The third-order valence-electron chi connectivity index (χ3n) is 1.71. The molecule has 15 heavy (non-hydrogen) atoms. The molecule has 1 heterocycles. The first kappa shape index (κ1) is 11.4. The number of nitrogens with zero attached hydrogens (tertiary/aromatic N) is 3. The fraction of sp³-hybridized carbons (Fsp3) is 0.500. The molecule has 0 spiro atoms. The summed E-state index contributed by atoms with van der Waals surface area (Å²) in [4.78, 5) is 7.99. The van der Waals surface area contributed by atoms with Crippen molar-refractivity contribution in [3.8, 4) is 12.1 Å². The molecule has 1 N–H and O–H groups in total. The van der Waals surface area contributed by atoms with Crippen LogP contribution in [0.2, 0.25) is 0 Å². The third kappa shape index (κ3) is 3.92. The Morgan fingerprint density at radius 1 is 1.53 bits per heavy atom. The summed E-state index contributed by atoms with van der Waals surface area (Å²) in [5, 5.41) is 11.8. The summed E-state index contributed by atoms with van der Waals surface area (Å²) >= 11 is 0. The fourth-order valence-corrected chi connectivity index (χ4v) is 1.05. The van der Waals surface area contributed by atoms with Crippen molar-refractivity contribution in [1.29, 1.82) is 5.26 Å². The van der Waals surface area contributed by atoms with Gasteiger partial charge in [0.2, 0.25) is 0 Å². The van der Waals surface area contributed by atoms with Gasteiger partial charge >= 0.3 is 6.01 Å². The van der Waals surface area contributed by atoms with E-state index >= 15 is 0 Å². The van der Waals surface area contributed by atoms with E-state index in [1.165, 1.54) is 0 Å². The molecule has 0 saturated carbocycles. The Bertz CT molecular complexity index is 359. The quantitative estimate of drug-likeness (QED) is 0.716. The number of hydrogen-bond donors (Lipinski definition) is 1. The highest BCUT2D eigenvalue weighted by atomic mass is 16.5. The Hall–Kier alpha value is -1.67. The summed E-state index contributed by atoms with van der Waals surface area (Å²) in [7, 11) is 0. The van der Waals surface area contributed by atoms with Gasteiger partial charge in [0, 0.05) is 12.2 Å². The zero-order valence-electron chi connectivity index (χ0n) is 8.95. The number of rotatable bonds is 5. The average Bonchev–Trinajstić information content (AvgIpc) is 2.23. The summed E-state index contributed by atoms with van der Waals surface area (Å²) in [6.07, 6.45) is 0. The van der Waals surface area contributed by atoms with Crippen LogP contribution >= 0.6 is 0 Å². The second-order valence-electron chi connectivity index (χ2n) is 2.99. The minimum absolute atomic E-state index is 0.268. The van der Waals surface area contributed by atoms with Crippen LogP contribution in [0, 0.1) is 18.3 Å². The third-order valence-corrected chi connectivity index (χ3v) is 1.71. The van der Waals surface area contributed by atoms with Crippen molar-refractivity contribution in [2.75, 3.05) is 19.7 Å². The minimum Gasteiger partial charge on any atom is -0.462 e. The molecular weight excluding hydrogens is 192 g/mol. The number of ether oxygens (including phenoxy) is 1. The monoisotopic (exact) mass is 206 g/mol. The minimum atomic E-state index is 0.268. The van der Waals surface area contributed by atoms with Gasteiger partial charge in [0.1, 0.15) is 18.4 Å². The predicted octanol–water partition coefficient (Wildman–Crippen LogP) is 0.645. The SMILES string of the molecule is CCNCCOc1nc(C)cc(C#N)n1. The van der Waals surface area contributed by atoms with Gasteiger partial charge in [-0.1, -0.05) is 6.92 Å². The van der Waals surface area contributed by atoms with E-state index in [0.717, 1.165) is 18.8 Å². The van der Waals surface area contributed by atoms with Crippen molar-refractivity contribution in [3.05, 3.63) is 17.5 Å². The molecule has 0 aromatic carbocycles. The molecule has 0 amide bonds. The molecule has 1 rings (SSSR count). The Kier molecular flexibility index (Phi) is 4.51. The van der Waals surface area contributed by atoms with Crippen molar-refractivity contribution in [2.24, 2.45) is 0 Å². The van der Waals surface area contributed by atoms with Gasteiger partial charge in [-0.15, -0.1) is 0 Å². The lowest BCUT2D eigenvalue weighted by atomic mass is 10.3. The molecule has 1 aromatic heterocycles. The molecule has 5 heteroatoms. The maximum atomic E-state index is 8.69. The smallest absolute Gasteiger partial charge is 0.317 e. The van der Waals surface area contributed by atoms with Gasteiger partial charge in [-0.3, -0.25) is 0 Å². The highest BCUT2D eigenvalue weighted by Gasteiger charge is 2.01. The number of likely N-dealkylation sites (N-methyl/N-ethyl adjacent to an activating group) is 1. The lowest BCUT2D eigenvalue weighted by molar-refractivity contribution is 0.290. The lowest BCUT2D eigenvalue weighted by Gasteiger charge is -2.05. The molecule has 0 fully saturated rings. The maximum Gasteiger partial charge on any atom is 0.317 e. The Balaban J connectivity index is 2.54. The molecule has 0 unspecified atom stereocenters. The van der Waals surface area contributed by atoms with E-state index < -0.39 is 0 Å². The summed E-state index contributed by atoms with van der Waals surface area (Å²) < 4.78 is 5.30. The zero-order valence-corrected chi connectivity index (χ0v) is 8.95. The molecule has 1 aromatic rings. The Morgan fingerprint density at radius 2 is 2.33 bits per heavy atom. The van der Waals surface area contributed by atoms with Crippen LogP contribution in [-0.4, -0.2) is 29.7 Å². The topological polar surface area (TPSA) is 70.8 Å². The van der Waals surface area contributed by atoms with Crippen LogP contribution in [0.5, 0.6) is 6.01 Å². The number of nitrogens with one attached hydrogen (secondary N) is 1. The van der Waals surface area contributed by atoms with Gasteiger partial charge in [0.05, 0.1) is 0 Å².